The van der Waals surface area contributed by atoms with Crippen LogP contribution >= 0.6 is 11.8 Å². The quantitative estimate of drug-likeness (QED) is 0.480. The van der Waals surface area contributed by atoms with Crippen LogP contribution in [-0.4, -0.2) is 45.4 Å². The van der Waals surface area contributed by atoms with Gasteiger partial charge in [0, 0.05) is 12.6 Å². The Kier molecular flexibility index (Phi) is 5.45. The molecule has 1 unspecified atom stereocenters. The van der Waals surface area contributed by atoms with Crippen molar-refractivity contribution in [2.75, 3.05) is 19.0 Å². The van der Waals surface area contributed by atoms with E-state index >= 15 is 0 Å². The summed E-state index contributed by atoms with van der Waals surface area (Å²) < 4.78 is 12.6. The number of ketones is 1. The molecule has 9 heteroatoms. The lowest BCUT2D eigenvalue weighted by Gasteiger charge is -2.19. The largest absolute Gasteiger partial charge is 0.496 e. The van der Waals surface area contributed by atoms with Crippen LogP contribution in [0.5, 0.6) is 11.5 Å². The van der Waals surface area contributed by atoms with Crippen molar-refractivity contribution in [2.24, 2.45) is 7.05 Å². The number of anilines is 1. The van der Waals surface area contributed by atoms with Crippen LogP contribution in [0.1, 0.15) is 17.3 Å². The molecular formula is C21H20N4O4S. The highest BCUT2D eigenvalue weighted by atomic mass is 32.2. The van der Waals surface area contributed by atoms with E-state index in [0.717, 1.165) is 5.56 Å². The first-order valence-corrected chi connectivity index (χ1v) is 10.2. The van der Waals surface area contributed by atoms with Crippen molar-refractivity contribution >= 4 is 29.1 Å². The predicted octanol–water partition coefficient (Wildman–Crippen LogP) is 3.19. The van der Waals surface area contributed by atoms with Crippen LogP contribution in [0.25, 0.3) is 11.4 Å². The van der Waals surface area contributed by atoms with Crippen LogP contribution in [0.15, 0.2) is 47.6 Å². The summed E-state index contributed by atoms with van der Waals surface area (Å²) in [4.78, 5) is 24.5. The number of carbonyl (C=O) groups is 2. The second-order valence-corrected chi connectivity index (χ2v) is 8.05. The summed E-state index contributed by atoms with van der Waals surface area (Å²) in [5.41, 5.74) is 1.82. The molecule has 2 heterocycles. The third kappa shape index (κ3) is 3.76. The Hall–Kier alpha value is -3.33. The van der Waals surface area contributed by atoms with Crippen molar-refractivity contribution in [3.8, 4) is 22.9 Å². The van der Waals surface area contributed by atoms with Crippen LogP contribution in [0, 0.1) is 0 Å². The standard InChI is InChI=1S/C21H20N4O4S/c1-12(19(27)13-8-9-17-15(10-13)22-18(26)11-29-17)30-21-24-23-20(25(21)2)14-6-4-5-7-16(14)28-3/h4-10,12H,11H2,1-3H3,(H,22,26). The van der Waals surface area contributed by atoms with Crippen molar-refractivity contribution in [1.29, 1.82) is 0 Å². The number of para-hydroxylation sites is 1. The normalized spacial score (nSPS) is 13.8. The van der Waals surface area contributed by atoms with Gasteiger partial charge in [-0.15, -0.1) is 10.2 Å². The first kappa shape index (κ1) is 20.0. The summed E-state index contributed by atoms with van der Waals surface area (Å²) in [6, 6.07) is 12.6. The zero-order chi connectivity index (χ0) is 21.3. The molecule has 1 atom stereocenters. The molecule has 4 rings (SSSR count). The van der Waals surface area contributed by atoms with Gasteiger partial charge in [0.05, 0.1) is 23.6 Å². The summed E-state index contributed by atoms with van der Waals surface area (Å²) in [5, 5.41) is 11.5. The number of fused-ring (bicyclic) bond motifs is 1. The summed E-state index contributed by atoms with van der Waals surface area (Å²) in [5.74, 6) is 1.60. The Balaban J connectivity index is 1.54. The number of amides is 1. The molecule has 3 aromatic rings. The van der Waals surface area contributed by atoms with Gasteiger partial charge in [-0.2, -0.15) is 0 Å². The molecule has 0 fully saturated rings. The Bertz CT molecular complexity index is 1130. The molecule has 0 saturated carbocycles. The SMILES string of the molecule is COc1ccccc1-c1nnc(SC(C)C(=O)c2ccc3c(c2)NC(=O)CO3)n1C. The molecular weight excluding hydrogens is 404 g/mol. The van der Waals surface area contributed by atoms with E-state index in [1.165, 1.54) is 11.8 Å². The van der Waals surface area contributed by atoms with E-state index in [1.54, 1.807) is 25.3 Å². The topological polar surface area (TPSA) is 95.3 Å². The average Bonchev–Trinajstić information content (AvgIpc) is 3.12. The third-order valence-electron chi connectivity index (χ3n) is 4.73. The average molecular weight is 424 g/mol. The molecule has 1 aliphatic heterocycles. The monoisotopic (exact) mass is 424 g/mol. The van der Waals surface area contributed by atoms with Gasteiger partial charge in [0.2, 0.25) is 0 Å². The van der Waals surface area contributed by atoms with Crippen molar-refractivity contribution < 1.29 is 19.1 Å². The van der Waals surface area contributed by atoms with E-state index in [0.29, 0.717) is 33.7 Å². The maximum atomic E-state index is 13.0. The van der Waals surface area contributed by atoms with Crippen LogP contribution in [0.3, 0.4) is 0 Å². The number of carbonyl (C=O) groups excluding carboxylic acids is 2. The highest BCUT2D eigenvalue weighted by molar-refractivity contribution is 8.00. The van der Waals surface area contributed by atoms with Gasteiger partial charge in [-0.05, 0) is 37.3 Å². The zero-order valence-electron chi connectivity index (χ0n) is 16.7. The number of methoxy groups -OCH3 is 1. The number of nitrogens with one attached hydrogen (secondary N) is 1. The molecule has 0 radical (unpaired) electrons. The van der Waals surface area contributed by atoms with E-state index in [2.05, 4.69) is 15.5 Å². The fourth-order valence-electron chi connectivity index (χ4n) is 3.16. The fourth-order valence-corrected chi connectivity index (χ4v) is 4.06. The van der Waals surface area contributed by atoms with Crippen LogP contribution < -0.4 is 14.8 Å². The molecule has 0 saturated heterocycles. The van der Waals surface area contributed by atoms with Crippen molar-refractivity contribution in [2.45, 2.75) is 17.3 Å². The molecule has 1 aromatic heterocycles. The highest BCUT2D eigenvalue weighted by Gasteiger charge is 2.23. The summed E-state index contributed by atoms with van der Waals surface area (Å²) in [6.07, 6.45) is 0. The van der Waals surface area contributed by atoms with Gasteiger partial charge in [-0.1, -0.05) is 23.9 Å². The van der Waals surface area contributed by atoms with Gasteiger partial charge < -0.3 is 19.4 Å². The Morgan fingerprint density at radius 3 is 2.87 bits per heavy atom. The molecule has 154 valence electrons. The smallest absolute Gasteiger partial charge is 0.262 e. The van der Waals surface area contributed by atoms with Gasteiger partial charge in [0.25, 0.3) is 5.91 Å². The van der Waals surface area contributed by atoms with Gasteiger partial charge in [0.1, 0.15) is 11.5 Å². The zero-order valence-corrected chi connectivity index (χ0v) is 17.5. The number of Topliss-reactive ketones (excluding diaryl/α,β-unsaturated/α-hetero) is 1. The van der Waals surface area contributed by atoms with E-state index in [4.69, 9.17) is 9.47 Å². The van der Waals surface area contributed by atoms with Gasteiger partial charge in [-0.25, -0.2) is 0 Å². The van der Waals surface area contributed by atoms with Crippen LogP contribution in [0.2, 0.25) is 0 Å². The van der Waals surface area contributed by atoms with E-state index in [9.17, 15) is 9.59 Å². The molecule has 1 N–H and O–H groups in total. The highest BCUT2D eigenvalue weighted by Crippen LogP contribution is 2.33. The Morgan fingerprint density at radius 1 is 1.27 bits per heavy atom. The van der Waals surface area contributed by atoms with E-state index in [1.807, 2.05) is 42.8 Å². The van der Waals surface area contributed by atoms with E-state index < -0.39 is 5.25 Å². The number of hydrogen-bond acceptors (Lipinski definition) is 7. The number of nitrogens with zero attached hydrogens (tertiary/aromatic N) is 3. The lowest BCUT2D eigenvalue weighted by molar-refractivity contribution is -0.118. The second kappa shape index (κ2) is 8.19. The second-order valence-electron chi connectivity index (χ2n) is 6.74. The molecule has 2 aromatic carbocycles. The fraction of sp³-hybridized carbons (Fsp3) is 0.238. The number of aromatic nitrogens is 3. The molecule has 0 spiro atoms. The maximum Gasteiger partial charge on any atom is 0.262 e. The Labute approximate surface area is 177 Å². The van der Waals surface area contributed by atoms with E-state index in [-0.39, 0.29) is 18.3 Å². The first-order chi connectivity index (χ1) is 14.5. The number of rotatable bonds is 6. The number of thioether (sulfide) groups is 1. The minimum absolute atomic E-state index is 0.0206. The molecule has 0 aliphatic carbocycles. The lowest BCUT2D eigenvalue weighted by atomic mass is 10.1. The van der Waals surface area contributed by atoms with Crippen molar-refractivity contribution in [1.82, 2.24) is 14.8 Å². The number of benzene rings is 2. The predicted molar refractivity (Wildman–Crippen MR) is 113 cm³/mol. The number of hydrogen-bond donors (Lipinski definition) is 1. The molecule has 8 nitrogen and oxygen atoms in total. The van der Waals surface area contributed by atoms with Crippen molar-refractivity contribution in [3.05, 3.63) is 48.0 Å². The van der Waals surface area contributed by atoms with Gasteiger partial charge in [-0.3, -0.25) is 9.59 Å². The third-order valence-corrected chi connectivity index (χ3v) is 5.87. The minimum atomic E-state index is -0.406. The summed E-state index contributed by atoms with van der Waals surface area (Å²) in [7, 11) is 3.46. The Morgan fingerprint density at radius 2 is 2.07 bits per heavy atom. The van der Waals surface area contributed by atoms with Crippen LogP contribution in [-0.2, 0) is 11.8 Å². The van der Waals surface area contributed by atoms with Gasteiger partial charge in [0.15, 0.2) is 23.4 Å². The molecule has 0 bridgehead atoms. The summed E-state index contributed by atoms with van der Waals surface area (Å²) in [6.45, 7) is 1.80. The summed E-state index contributed by atoms with van der Waals surface area (Å²) >= 11 is 1.32. The number of ether oxygens (including phenoxy) is 2. The van der Waals surface area contributed by atoms with Crippen molar-refractivity contribution in [3.63, 3.8) is 0 Å². The lowest BCUT2D eigenvalue weighted by Crippen LogP contribution is -2.25. The maximum absolute atomic E-state index is 13.0. The molecule has 1 amide bonds. The first-order valence-electron chi connectivity index (χ1n) is 9.28. The molecule has 30 heavy (non-hydrogen) atoms. The molecule has 1 aliphatic rings. The van der Waals surface area contributed by atoms with Crippen LogP contribution in [0.4, 0.5) is 5.69 Å². The van der Waals surface area contributed by atoms with Gasteiger partial charge >= 0.3 is 0 Å². The minimum Gasteiger partial charge on any atom is -0.496 e.